The number of hydrogen-bond acceptors (Lipinski definition) is 3. The molecular formula is C20H19FN2O2. The monoisotopic (exact) mass is 338 g/mol. The number of carbonyl (C=O) groups excluding carboxylic acids is 2. The van der Waals surface area contributed by atoms with E-state index in [2.05, 4.69) is 0 Å². The van der Waals surface area contributed by atoms with Crippen molar-refractivity contribution in [3.05, 3.63) is 77.1 Å². The maximum Gasteiger partial charge on any atom is 0.261 e. The fraction of sp³-hybridized carbons (Fsp3) is 0.200. The maximum atomic E-state index is 14.3. The van der Waals surface area contributed by atoms with Gasteiger partial charge in [0.05, 0.1) is 17.7 Å². The largest absolute Gasteiger partial charge is 0.378 e. The van der Waals surface area contributed by atoms with Crippen LogP contribution in [0.3, 0.4) is 0 Å². The van der Waals surface area contributed by atoms with Crippen LogP contribution < -0.4 is 4.90 Å². The van der Waals surface area contributed by atoms with Gasteiger partial charge in [-0.3, -0.25) is 14.5 Å². The summed E-state index contributed by atoms with van der Waals surface area (Å²) in [6, 6.07) is 14.3. The smallest absolute Gasteiger partial charge is 0.261 e. The number of halogens is 1. The summed E-state index contributed by atoms with van der Waals surface area (Å²) in [5.41, 5.74) is 2.66. The number of nitrogens with zero attached hydrogens (tertiary/aromatic N) is 2. The zero-order valence-electron chi connectivity index (χ0n) is 14.2. The molecule has 5 heteroatoms. The molecule has 0 N–H and O–H groups in total. The van der Waals surface area contributed by atoms with Gasteiger partial charge in [0.15, 0.2) is 0 Å². The summed E-state index contributed by atoms with van der Waals surface area (Å²) in [5, 5.41) is 0. The molecule has 0 fully saturated rings. The van der Waals surface area contributed by atoms with Gasteiger partial charge in [-0.15, -0.1) is 0 Å². The maximum absolute atomic E-state index is 14.3. The molecule has 4 nitrogen and oxygen atoms in total. The fourth-order valence-corrected chi connectivity index (χ4v) is 2.79. The SMILES string of the molecule is CN(C)c1cccc(C/C=C(\F)CN2C(=O)c3ccccc3C2=O)c1. The summed E-state index contributed by atoms with van der Waals surface area (Å²) in [5.74, 6) is -1.39. The van der Waals surface area contributed by atoms with Crippen molar-refractivity contribution >= 4 is 17.5 Å². The van der Waals surface area contributed by atoms with Gasteiger partial charge in [-0.05, 0) is 42.3 Å². The van der Waals surface area contributed by atoms with Crippen molar-refractivity contribution < 1.29 is 14.0 Å². The first-order valence-electron chi connectivity index (χ1n) is 8.03. The van der Waals surface area contributed by atoms with Crippen molar-refractivity contribution in [1.29, 1.82) is 0 Å². The number of carbonyl (C=O) groups is 2. The van der Waals surface area contributed by atoms with Crippen molar-refractivity contribution in [3.8, 4) is 0 Å². The second-order valence-electron chi connectivity index (χ2n) is 6.16. The molecule has 0 spiro atoms. The zero-order valence-corrected chi connectivity index (χ0v) is 14.2. The summed E-state index contributed by atoms with van der Waals surface area (Å²) in [4.78, 5) is 27.4. The Bertz CT molecular complexity index is 823. The number of anilines is 1. The van der Waals surface area contributed by atoms with Gasteiger partial charge in [0, 0.05) is 19.8 Å². The van der Waals surface area contributed by atoms with E-state index in [1.807, 2.05) is 43.3 Å². The third-order valence-electron chi connectivity index (χ3n) is 4.17. The van der Waals surface area contributed by atoms with Crippen LogP contribution in [0.4, 0.5) is 10.1 Å². The van der Waals surface area contributed by atoms with Crippen LogP contribution in [0.1, 0.15) is 26.3 Å². The average molecular weight is 338 g/mol. The van der Waals surface area contributed by atoms with Gasteiger partial charge < -0.3 is 4.90 Å². The van der Waals surface area contributed by atoms with E-state index >= 15 is 0 Å². The summed E-state index contributed by atoms with van der Waals surface area (Å²) in [7, 11) is 3.88. The second-order valence-corrected chi connectivity index (χ2v) is 6.16. The Hall–Kier alpha value is -2.95. The average Bonchev–Trinajstić information content (AvgIpc) is 2.85. The van der Waals surface area contributed by atoms with E-state index in [-0.39, 0.29) is 6.54 Å². The minimum atomic E-state index is -0.496. The molecule has 25 heavy (non-hydrogen) atoms. The fourth-order valence-electron chi connectivity index (χ4n) is 2.79. The van der Waals surface area contributed by atoms with E-state index in [0.717, 1.165) is 16.2 Å². The molecule has 0 aromatic heterocycles. The summed E-state index contributed by atoms with van der Waals surface area (Å²) < 4.78 is 14.3. The molecule has 128 valence electrons. The number of fused-ring (bicyclic) bond motifs is 1. The van der Waals surface area contributed by atoms with Crippen molar-refractivity contribution in [2.24, 2.45) is 0 Å². The minimum absolute atomic E-state index is 0.332. The lowest BCUT2D eigenvalue weighted by Crippen LogP contribution is -2.31. The Morgan fingerprint density at radius 3 is 2.28 bits per heavy atom. The first-order valence-corrected chi connectivity index (χ1v) is 8.03. The summed E-state index contributed by atoms with van der Waals surface area (Å²) in [6.45, 7) is -0.334. The predicted octanol–water partition coefficient (Wildman–Crippen LogP) is 3.44. The van der Waals surface area contributed by atoms with Crippen LogP contribution in [0.15, 0.2) is 60.4 Å². The highest BCUT2D eigenvalue weighted by Crippen LogP contribution is 2.23. The number of benzene rings is 2. The van der Waals surface area contributed by atoms with E-state index in [1.165, 1.54) is 6.08 Å². The highest BCUT2D eigenvalue weighted by molar-refractivity contribution is 6.21. The van der Waals surface area contributed by atoms with Crippen LogP contribution in [-0.2, 0) is 6.42 Å². The van der Waals surface area contributed by atoms with Crippen LogP contribution in [-0.4, -0.2) is 37.4 Å². The molecule has 1 aliphatic heterocycles. The molecule has 2 amide bonds. The second kappa shape index (κ2) is 6.89. The Balaban J connectivity index is 1.70. The van der Waals surface area contributed by atoms with Crippen LogP contribution in [0, 0.1) is 0 Å². The molecule has 0 unspecified atom stereocenters. The third-order valence-corrected chi connectivity index (χ3v) is 4.17. The highest BCUT2D eigenvalue weighted by atomic mass is 19.1. The molecule has 0 bridgehead atoms. The van der Waals surface area contributed by atoms with Gasteiger partial charge in [-0.1, -0.05) is 24.3 Å². The number of amides is 2. The Morgan fingerprint density at radius 2 is 1.68 bits per heavy atom. The predicted molar refractivity (Wildman–Crippen MR) is 95.5 cm³/mol. The molecule has 0 saturated heterocycles. The highest BCUT2D eigenvalue weighted by Gasteiger charge is 2.35. The standard InChI is InChI=1S/C20H19FN2O2/c1-22(2)16-7-5-6-14(12-16)10-11-15(21)13-23-19(24)17-8-3-4-9-18(17)20(23)25/h3-9,11-12H,10,13H2,1-2H3/b15-11-. The molecule has 0 saturated carbocycles. The van der Waals surface area contributed by atoms with Crippen LogP contribution in [0.25, 0.3) is 0 Å². The van der Waals surface area contributed by atoms with Crippen molar-refractivity contribution in [2.75, 3.05) is 25.5 Å². The third kappa shape index (κ3) is 3.45. The van der Waals surface area contributed by atoms with E-state index in [0.29, 0.717) is 17.5 Å². The van der Waals surface area contributed by atoms with Crippen LogP contribution >= 0.6 is 0 Å². The summed E-state index contributed by atoms with van der Waals surface area (Å²) in [6.07, 6.45) is 1.81. The molecule has 0 radical (unpaired) electrons. The van der Waals surface area contributed by atoms with Gasteiger partial charge >= 0.3 is 0 Å². The Labute approximate surface area is 146 Å². The molecule has 1 heterocycles. The lowest BCUT2D eigenvalue weighted by atomic mass is 10.1. The van der Waals surface area contributed by atoms with E-state index in [4.69, 9.17) is 0 Å². The molecule has 1 aliphatic rings. The minimum Gasteiger partial charge on any atom is -0.378 e. The van der Waals surface area contributed by atoms with Crippen molar-refractivity contribution in [2.45, 2.75) is 6.42 Å². The molecule has 2 aromatic rings. The molecule has 0 aliphatic carbocycles. The topological polar surface area (TPSA) is 40.6 Å². The molecule has 2 aromatic carbocycles. The van der Waals surface area contributed by atoms with Gasteiger partial charge in [0.2, 0.25) is 0 Å². The molecular weight excluding hydrogens is 319 g/mol. The van der Waals surface area contributed by atoms with Crippen molar-refractivity contribution in [1.82, 2.24) is 4.90 Å². The quantitative estimate of drug-likeness (QED) is 0.784. The van der Waals surface area contributed by atoms with E-state index in [1.54, 1.807) is 24.3 Å². The Morgan fingerprint density at radius 1 is 1.04 bits per heavy atom. The summed E-state index contributed by atoms with van der Waals surface area (Å²) >= 11 is 0. The number of imide groups is 1. The van der Waals surface area contributed by atoms with E-state index in [9.17, 15) is 14.0 Å². The van der Waals surface area contributed by atoms with Gasteiger partial charge in [-0.25, -0.2) is 4.39 Å². The zero-order chi connectivity index (χ0) is 18.0. The van der Waals surface area contributed by atoms with Crippen LogP contribution in [0.2, 0.25) is 0 Å². The van der Waals surface area contributed by atoms with E-state index < -0.39 is 17.6 Å². The molecule has 0 atom stereocenters. The van der Waals surface area contributed by atoms with Gasteiger partial charge in [0.1, 0.15) is 5.83 Å². The van der Waals surface area contributed by atoms with Gasteiger partial charge in [-0.2, -0.15) is 0 Å². The Kier molecular flexibility index (Phi) is 4.65. The van der Waals surface area contributed by atoms with Crippen LogP contribution in [0.5, 0.6) is 0 Å². The number of allylic oxidation sites excluding steroid dienone is 1. The van der Waals surface area contributed by atoms with Gasteiger partial charge in [0.25, 0.3) is 11.8 Å². The number of rotatable bonds is 5. The molecule has 3 rings (SSSR count). The first kappa shape index (κ1) is 16.9. The first-order chi connectivity index (χ1) is 12.0. The van der Waals surface area contributed by atoms with Crippen molar-refractivity contribution in [3.63, 3.8) is 0 Å². The number of hydrogen-bond donors (Lipinski definition) is 0. The normalized spacial score (nSPS) is 14.0. The lowest BCUT2D eigenvalue weighted by Gasteiger charge is -2.13. The lowest BCUT2D eigenvalue weighted by molar-refractivity contribution is 0.0660.